The predicted molar refractivity (Wildman–Crippen MR) is 116 cm³/mol. The van der Waals surface area contributed by atoms with E-state index >= 15 is 0 Å². The van der Waals surface area contributed by atoms with E-state index < -0.39 is 0 Å². The number of thiophene rings is 1. The Hall–Kier alpha value is -2.70. The van der Waals surface area contributed by atoms with Crippen molar-refractivity contribution in [3.05, 3.63) is 82.7 Å². The van der Waals surface area contributed by atoms with Crippen LogP contribution in [-0.2, 0) is 0 Å². The minimum absolute atomic E-state index is 0.0847. The number of nitrogens with zero attached hydrogens (tertiary/aromatic N) is 3. The highest BCUT2D eigenvalue weighted by Gasteiger charge is 2.18. The average Bonchev–Trinajstić information content (AvgIpc) is 3.36. The molecule has 0 aliphatic carbocycles. The van der Waals surface area contributed by atoms with Crippen LogP contribution in [0.15, 0.2) is 71.2 Å². The number of ketones is 1. The van der Waals surface area contributed by atoms with E-state index in [0.29, 0.717) is 5.75 Å². The van der Waals surface area contributed by atoms with Crippen LogP contribution in [0.25, 0.3) is 16.4 Å². The molecule has 4 rings (SSSR count). The van der Waals surface area contributed by atoms with Gasteiger partial charge in [-0.3, -0.25) is 9.36 Å². The van der Waals surface area contributed by atoms with Crippen molar-refractivity contribution in [2.45, 2.75) is 19.0 Å². The fourth-order valence-corrected chi connectivity index (χ4v) is 4.43. The largest absolute Gasteiger partial charge is 0.293 e. The third kappa shape index (κ3) is 3.93. The number of benzene rings is 2. The Morgan fingerprint density at radius 3 is 2.54 bits per heavy atom. The van der Waals surface area contributed by atoms with E-state index in [1.807, 2.05) is 65.4 Å². The summed E-state index contributed by atoms with van der Waals surface area (Å²) in [5, 5.41) is 11.5. The van der Waals surface area contributed by atoms with E-state index in [4.69, 9.17) is 0 Å². The standard InChI is InChI=1S/C22H19N3OS2/c1-15-8-10-17(11-9-15)19(26)14-28-22-24-23-21(20-7-4-12-27-20)25(22)18-6-3-5-16(2)13-18/h3-13H,14H2,1-2H3. The molecular weight excluding hydrogens is 386 g/mol. The van der Waals surface area contributed by atoms with Crippen LogP contribution in [0.5, 0.6) is 0 Å². The van der Waals surface area contributed by atoms with Crippen LogP contribution in [0.3, 0.4) is 0 Å². The molecule has 4 nitrogen and oxygen atoms in total. The monoisotopic (exact) mass is 405 g/mol. The Balaban J connectivity index is 1.65. The Morgan fingerprint density at radius 2 is 1.82 bits per heavy atom. The fourth-order valence-electron chi connectivity index (χ4n) is 2.88. The molecule has 6 heteroatoms. The van der Waals surface area contributed by atoms with Crippen molar-refractivity contribution in [3.8, 4) is 16.4 Å². The van der Waals surface area contributed by atoms with Crippen molar-refractivity contribution < 1.29 is 4.79 Å². The second-order valence-corrected chi connectivity index (χ2v) is 8.43. The van der Waals surface area contributed by atoms with Crippen molar-refractivity contribution >= 4 is 28.9 Å². The first-order valence-corrected chi connectivity index (χ1v) is 10.8. The molecule has 2 aromatic heterocycles. The van der Waals surface area contributed by atoms with E-state index in [1.54, 1.807) is 11.3 Å². The number of hydrogen-bond acceptors (Lipinski definition) is 5. The number of rotatable bonds is 6. The van der Waals surface area contributed by atoms with Crippen LogP contribution in [0, 0.1) is 13.8 Å². The van der Waals surface area contributed by atoms with E-state index in [9.17, 15) is 4.79 Å². The molecule has 0 saturated carbocycles. The van der Waals surface area contributed by atoms with Crippen molar-refractivity contribution in [2.24, 2.45) is 0 Å². The summed E-state index contributed by atoms with van der Waals surface area (Å²) < 4.78 is 2.03. The van der Waals surface area contributed by atoms with Gasteiger partial charge in [-0.25, -0.2) is 0 Å². The van der Waals surface area contributed by atoms with Crippen LogP contribution >= 0.6 is 23.1 Å². The average molecular weight is 406 g/mol. The Kier molecular flexibility index (Phi) is 5.41. The molecule has 0 aliphatic rings. The molecule has 0 fully saturated rings. The van der Waals surface area contributed by atoms with Gasteiger partial charge in [0.15, 0.2) is 16.8 Å². The number of thioether (sulfide) groups is 1. The Bertz CT molecular complexity index is 1100. The number of carbonyl (C=O) groups is 1. The zero-order valence-electron chi connectivity index (χ0n) is 15.6. The summed E-state index contributed by atoms with van der Waals surface area (Å²) >= 11 is 3.04. The van der Waals surface area contributed by atoms with Crippen LogP contribution in [0.2, 0.25) is 0 Å². The van der Waals surface area contributed by atoms with Crippen LogP contribution in [0.1, 0.15) is 21.5 Å². The topological polar surface area (TPSA) is 47.8 Å². The molecule has 0 bridgehead atoms. The predicted octanol–water partition coefficient (Wildman–Crippen LogP) is 5.59. The molecule has 0 unspecified atom stereocenters. The van der Waals surface area contributed by atoms with E-state index in [-0.39, 0.29) is 5.78 Å². The van der Waals surface area contributed by atoms with Crippen molar-refractivity contribution in [1.29, 1.82) is 0 Å². The highest BCUT2D eigenvalue weighted by Crippen LogP contribution is 2.31. The van der Waals surface area contributed by atoms with Gasteiger partial charge in [0.2, 0.25) is 0 Å². The van der Waals surface area contributed by atoms with E-state index in [1.165, 1.54) is 11.8 Å². The quantitative estimate of drug-likeness (QED) is 0.310. The molecule has 0 atom stereocenters. The van der Waals surface area contributed by atoms with Gasteiger partial charge in [-0.1, -0.05) is 59.8 Å². The first-order valence-electron chi connectivity index (χ1n) is 8.91. The van der Waals surface area contributed by atoms with Gasteiger partial charge in [-0.2, -0.15) is 0 Å². The van der Waals surface area contributed by atoms with Gasteiger partial charge in [-0.05, 0) is 43.0 Å². The maximum Gasteiger partial charge on any atom is 0.196 e. The smallest absolute Gasteiger partial charge is 0.196 e. The molecular formula is C22H19N3OS2. The third-order valence-corrected chi connectivity index (χ3v) is 6.14. The molecule has 0 amide bonds. The highest BCUT2D eigenvalue weighted by atomic mass is 32.2. The van der Waals surface area contributed by atoms with Gasteiger partial charge in [-0.15, -0.1) is 21.5 Å². The summed E-state index contributed by atoms with van der Waals surface area (Å²) in [5.41, 5.74) is 4.02. The van der Waals surface area contributed by atoms with Gasteiger partial charge in [0.1, 0.15) is 0 Å². The minimum atomic E-state index is 0.0847. The molecule has 140 valence electrons. The number of carbonyl (C=O) groups excluding carboxylic acids is 1. The van der Waals surface area contributed by atoms with Gasteiger partial charge < -0.3 is 0 Å². The molecule has 4 aromatic rings. The number of Topliss-reactive ketones (excluding diaryl/α,β-unsaturated/α-hetero) is 1. The van der Waals surface area contributed by atoms with E-state index in [0.717, 1.165) is 38.2 Å². The van der Waals surface area contributed by atoms with Crippen LogP contribution < -0.4 is 0 Å². The summed E-state index contributed by atoms with van der Waals surface area (Å²) in [4.78, 5) is 13.6. The lowest BCUT2D eigenvalue weighted by Gasteiger charge is -2.10. The maximum absolute atomic E-state index is 12.6. The molecule has 0 radical (unpaired) electrons. The van der Waals surface area contributed by atoms with Gasteiger partial charge >= 0.3 is 0 Å². The molecule has 2 heterocycles. The molecule has 0 spiro atoms. The van der Waals surface area contributed by atoms with Crippen LogP contribution in [-0.4, -0.2) is 26.3 Å². The van der Waals surface area contributed by atoms with Crippen LogP contribution in [0.4, 0.5) is 0 Å². The SMILES string of the molecule is Cc1ccc(C(=O)CSc2nnc(-c3cccs3)n2-c2cccc(C)c2)cc1. The second kappa shape index (κ2) is 8.12. The number of aryl methyl sites for hydroxylation is 2. The molecule has 0 N–H and O–H groups in total. The van der Waals surface area contributed by atoms with Crippen molar-refractivity contribution in [1.82, 2.24) is 14.8 Å². The lowest BCUT2D eigenvalue weighted by atomic mass is 10.1. The summed E-state index contributed by atoms with van der Waals surface area (Å²) in [5.74, 6) is 1.20. The maximum atomic E-state index is 12.6. The van der Waals surface area contributed by atoms with Gasteiger partial charge in [0.25, 0.3) is 0 Å². The number of hydrogen-bond donors (Lipinski definition) is 0. The zero-order chi connectivity index (χ0) is 19.5. The fraction of sp³-hybridized carbons (Fsp3) is 0.136. The van der Waals surface area contributed by atoms with E-state index in [2.05, 4.69) is 29.3 Å². The third-order valence-electron chi connectivity index (χ3n) is 4.34. The Labute approximate surface area is 172 Å². The van der Waals surface area contributed by atoms with Crippen molar-refractivity contribution in [3.63, 3.8) is 0 Å². The molecule has 0 aliphatic heterocycles. The molecule has 28 heavy (non-hydrogen) atoms. The summed E-state index contributed by atoms with van der Waals surface area (Å²) in [7, 11) is 0. The molecule has 2 aromatic carbocycles. The van der Waals surface area contributed by atoms with Crippen molar-refractivity contribution in [2.75, 3.05) is 5.75 Å². The highest BCUT2D eigenvalue weighted by molar-refractivity contribution is 7.99. The molecule has 0 saturated heterocycles. The lowest BCUT2D eigenvalue weighted by molar-refractivity contribution is 0.102. The summed E-state index contributed by atoms with van der Waals surface area (Å²) in [6.07, 6.45) is 0. The number of aromatic nitrogens is 3. The second-order valence-electron chi connectivity index (χ2n) is 6.54. The van der Waals surface area contributed by atoms with Gasteiger partial charge in [0, 0.05) is 5.56 Å². The lowest BCUT2D eigenvalue weighted by Crippen LogP contribution is -2.05. The first kappa shape index (κ1) is 18.7. The minimum Gasteiger partial charge on any atom is -0.293 e. The normalized spacial score (nSPS) is 10.9. The first-order chi connectivity index (χ1) is 13.6. The summed E-state index contributed by atoms with van der Waals surface area (Å²) in [6.45, 7) is 4.08. The Morgan fingerprint density at radius 1 is 1.00 bits per heavy atom. The van der Waals surface area contributed by atoms with Gasteiger partial charge in [0.05, 0.1) is 16.3 Å². The summed E-state index contributed by atoms with van der Waals surface area (Å²) in [6, 6.07) is 19.9. The zero-order valence-corrected chi connectivity index (χ0v) is 17.3.